The van der Waals surface area contributed by atoms with Crippen LogP contribution in [0.3, 0.4) is 0 Å². The number of hydrogen-bond donors (Lipinski definition) is 2. The standard InChI is InChI=1S/C20H26N4O2.C2HF3O2/c1-23-9-3-5-18(23)19(25)22-11-17-6-7-20(26-13-17)14-24(15-20)12-16-4-2-8-21-10-16;3-2(4,5)1(6)7/h2-5,8-10,17H,6-7,11-15H2,1H3,(H,22,25);(H,6,7). The molecule has 2 N–H and O–H groups in total. The summed E-state index contributed by atoms with van der Waals surface area (Å²) in [7, 11) is 1.89. The van der Waals surface area contributed by atoms with Gasteiger partial charge < -0.3 is 19.7 Å². The Kier molecular flexibility index (Phi) is 7.75. The maximum atomic E-state index is 12.2. The lowest BCUT2D eigenvalue weighted by atomic mass is 9.82. The zero-order valence-corrected chi connectivity index (χ0v) is 18.2. The quantitative estimate of drug-likeness (QED) is 0.700. The number of carbonyl (C=O) groups excluding carboxylic acids is 1. The molecule has 1 atom stereocenters. The van der Waals surface area contributed by atoms with Crippen LogP contribution in [0.15, 0.2) is 42.9 Å². The van der Waals surface area contributed by atoms with Gasteiger partial charge in [-0.1, -0.05) is 6.07 Å². The molecule has 2 aromatic rings. The van der Waals surface area contributed by atoms with Gasteiger partial charge in [0.2, 0.25) is 0 Å². The van der Waals surface area contributed by atoms with Crippen molar-refractivity contribution in [3.05, 3.63) is 54.1 Å². The van der Waals surface area contributed by atoms with Crippen LogP contribution in [0, 0.1) is 5.92 Å². The van der Waals surface area contributed by atoms with Gasteiger partial charge in [0.1, 0.15) is 5.69 Å². The van der Waals surface area contributed by atoms with Crippen LogP contribution in [-0.4, -0.2) is 69.5 Å². The third-order valence-corrected chi connectivity index (χ3v) is 5.76. The summed E-state index contributed by atoms with van der Waals surface area (Å²) in [5.41, 5.74) is 1.98. The van der Waals surface area contributed by atoms with Crippen molar-refractivity contribution in [3.8, 4) is 0 Å². The lowest BCUT2D eigenvalue weighted by Crippen LogP contribution is -2.64. The molecule has 0 saturated carbocycles. The largest absolute Gasteiger partial charge is 0.490 e. The molecule has 180 valence electrons. The third-order valence-electron chi connectivity index (χ3n) is 5.76. The molecule has 2 fully saturated rings. The van der Waals surface area contributed by atoms with E-state index in [1.54, 1.807) is 0 Å². The Morgan fingerprint density at radius 1 is 1.30 bits per heavy atom. The number of hydrogen-bond acceptors (Lipinski definition) is 5. The second-order valence-corrected chi connectivity index (χ2v) is 8.42. The number of aliphatic carboxylic acids is 1. The molecule has 4 heterocycles. The van der Waals surface area contributed by atoms with E-state index in [0.717, 1.165) is 39.1 Å². The van der Waals surface area contributed by atoms with Crippen molar-refractivity contribution in [2.75, 3.05) is 26.2 Å². The van der Waals surface area contributed by atoms with E-state index in [9.17, 15) is 18.0 Å². The van der Waals surface area contributed by atoms with Crippen LogP contribution in [0.1, 0.15) is 28.9 Å². The van der Waals surface area contributed by atoms with Gasteiger partial charge in [-0.05, 0) is 42.5 Å². The third kappa shape index (κ3) is 6.78. The van der Waals surface area contributed by atoms with Crippen LogP contribution in [0.2, 0.25) is 0 Å². The molecule has 0 bridgehead atoms. The summed E-state index contributed by atoms with van der Waals surface area (Å²) in [6.45, 7) is 4.33. The lowest BCUT2D eigenvalue weighted by Gasteiger charge is -2.53. The van der Waals surface area contributed by atoms with E-state index >= 15 is 0 Å². The fourth-order valence-corrected chi connectivity index (χ4v) is 3.98. The van der Waals surface area contributed by atoms with Crippen molar-refractivity contribution >= 4 is 11.9 Å². The van der Waals surface area contributed by atoms with E-state index in [-0.39, 0.29) is 11.5 Å². The fourth-order valence-electron chi connectivity index (χ4n) is 3.98. The predicted molar refractivity (Wildman–Crippen MR) is 112 cm³/mol. The van der Waals surface area contributed by atoms with E-state index in [1.807, 2.05) is 48.4 Å². The number of nitrogens with zero attached hydrogens (tertiary/aromatic N) is 3. The zero-order chi connectivity index (χ0) is 24.1. The molecule has 8 nitrogen and oxygen atoms in total. The molecule has 33 heavy (non-hydrogen) atoms. The summed E-state index contributed by atoms with van der Waals surface area (Å²) >= 11 is 0. The van der Waals surface area contributed by atoms with Gasteiger partial charge in [0, 0.05) is 51.8 Å². The number of carboxylic acids is 1. The van der Waals surface area contributed by atoms with Gasteiger partial charge in [0.05, 0.1) is 12.2 Å². The molecular formula is C22H27F3N4O4. The highest BCUT2D eigenvalue weighted by Crippen LogP contribution is 2.36. The first kappa shape index (κ1) is 24.7. The first-order chi connectivity index (χ1) is 15.6. The molecular weight excluding hydrogens is 441 g/mol. The molecule has 1 amide bonds. The van der Waals surface area contributed by atoms with Crippen LogP contribution in [0.4, 0.5) is 13.2 Å². The summed E-state index contributed by atoms with van der Waals surface area (Å²) in [5.74, 6) is -2.37. The highest BCUT2D eigenvalue weighted by atomic mass is 19.4. The summed E-state index contributed by atoms with van der Waals surface area (Å²) < 4.78 is 39.8. The van der Waals surface area contributed by atoms with Gasteiger partial charge in [0.15, 0.2) is 0 Å². The number of aromatic nitrogens is 2. The molecule has 0 aliphatic carbocycles. The van der Waals surface area contributed by atoms with Crippen LogP contribution >= 0.6 is 0 Å². The lowest BCUT2D eigenvalue weighted by molar-refractivity contribution is -0.192. The number of likely N-dealkylation sites (tertiary alicyclic amines) is 1. The molecule has 11 heteroatoms. The number of pyridine rings is 1. The van der Waals surface area contributed by atoms with Gasteiger partial charge in [-0.2, -0.15) is 13.2 Å². The Morgan fingerprint density at radius 2 is 2.03 bits per heavy atom. The second-order valence-electron chi connectivity index (χ2n) is 8.42. The topological polar surface area (TPSA) is 96.7 Å². The number of nitrogens with one attached hydrogen (secondary N) is 1. The van der Waals surface area contributed by atoms with Crippen molar-refractivity contribution in [1.82, 2.24) is 19.8 Å². The SMILES string of the molecule is Cn1cccc1C(=O)NCC1CCC2(CN(Cc3cccnc3)C2)OC1.O=C(O)C(F)(F)F. The van der Waals surface area contributed by atoms with Crippen molar-refractivity contribution in [2.45, 2.75) is 31.2 Å². The first-order valence-electron chi connectivity index (χ1n) is 10.5. The van der Waals surface area contributed by atoms with Crippen LogP contribution in [0.5, 0.6) is 0 Å². The van der Waals surface area contributed by atoms with E-state index in [4.69, 9.17) is 14.6 Å². The maximum absolute atomic E-state index is 12.2. The highest BCUT2D eigenvalue weighted by Gasteiger charge is 2.46. The van der Waals surface area contributed by atoms with Gasteiger partial charge in [0.25, 0.3) is 5.91 Å². The minimum Gasteiger partial charge on any atom is -0.475 e. The molecule has 2 aromatic heterocycles. The predicted octanol–water partition coefficient (Wildman–Crippen LogP) is 2.46. The summed E-state index contributed by atoms with van der Waals surface area (Å²) in [6, 6.07) is 7.82. The van der Waals surface area contributed by atoms with Gasteiger partial charge >= 0.3 is 12.1 Å². The molecule has 2 aliphatic heterocycles. The monoisotopic (exact) mass is 468 g/mol. The van der Waals surface area contributed by atoms with Crippen LogP contribution in [-0.2, 0) is 23.1 Å². The minimum atomic E-state index is -5.08. The minimum absolute atomic E-state index is 0.0101. The Hall–Kier alpha value is -2.92. The van der Waals surface area contributed by atoms with Crippen molar-refractivity contribution in [3.63, 3.8) is 0 Å². The van der Waals surface area contributed by atoms with Gasteiger partial charge in [-0.3, -0.25) is 14.7 Å². The zero-order valence-electron chi connectivity index (χ0n) is 18.2. The molecule has 1 unspecified atom stereocenters. The van der Waals surface area contributed by atoms with Crippen LogP contribution in [0.25, 0.3) is 0 Å². The maximum Gasteiger partial charge on any atom is 0.490 e. The fraction of sp³-hybridized carbons (Fsp3) is 0.500. The highest BCUT2D eigenvalue weighted by molar-refractivity contribution is 5.92. The Morgan fingerprint density at radius 3 is 2.55 bits per heavy atom. The molecule has 2 saturated heterocycles. The number of carbonyl (C=O) groups is 2. The van der Waals surface area contributed by atoms with E-state index in [1.165, 1.54) is 5.56 Å². The molecule has 0 radical (unpaired) electrons. The average Bonchev–Trinajstić information content (AvgIpc) is 3.18. The Bertz CT molecular complexity index is 933. The second kappa shape index (κ2) is 10.3. The Labute approximate surface area is 189 Å². The Balaban J connectivity index is 0.000000383. The number of rotatable bonds is 5. The van der Waals surface area contributed by atoms with Crippen molar-refractivity contribution < 1.29 is 32.6 Å². The van der Waals surface area contributed by atoms with Gasteiger partial charge in [-0.25, -0.2) is 4.79 Å². The molecule has 1 spiro atoms. The molecule has 2 aliphatic rings. The smallest absolute Gasteiger partial charge is 0.475 e. The number of aryl methyl sites for hydroxylation is 1. The number of halogens is 3. The van der Waals surface area contributed by atoms with E-state index in [2.05, 4.69) is 21.3 Å². The molecule has 4 rings (SSSR count). The summed E-state index contributed by atoms with van der Waals surface area (Å²) in [5, 5.41) is 10.2. The normalized spacial score (nSPS) is 19.8. The van der Waals surface area contributed by atoms with E-state index in [0.29, 0.717) is 18.2 Å². The average molecular weight is 468 g/mol. The number of amides is 1. The summed E-state index contributed by atoms with van der Waals surface area (Å²) in [6.07, 6.45) is 2.71. The number of ether oxygens (including phenoxy) is 1. The number of alkyl halides is 3. The molecule has 0 aromatic carbocycles. The first-order valence-corrected chi connectivity index (χ1v) is 10.5. The van der Waals surface area contributed by atoms with Crippen molar-refractivity contribution in [2.24, 2.45) is 13.0 Å². The van der Waals surface area contributed by atoms with E-state index < -0.39 is 12.1 Å². The van der Waals surface area contributed by atoms with Gasteiger partial charge in [-0.15, -0.1) is 0 Å². The number of carboxylic acid groups (broad SMARTS) is 1. The van der Waals surface area contributed by atoms with Crippen LogP contribution < -0.4 is 5.32 Å². The summed E-state index contributed by atoms with van der Waals surface area (Å²) in [4.78, 5) is 27.7. The van der Waals surface area contributed by atoms with Crippen molar-refractivity contribution in [1.29, 1.82) is 0 Å².